The lowest BCUT2D eigenvalue weighted by Gasteiger charge is -2.50. The molecule has 4 aliphatic rings. The topological polar surface area (TPSA) is 287 Å². The molecule has 4 rings (SSSR count). The summed E-state index contributed by atoms with van der Waals surface area (Å²) in [6.45, 7) is 3.41. The molecule has 18 nitrogen and oxygen atoms in total. The highest BCUT2D eigenvalue weighted by Gasteiger charge is 2.55. The number of aliphatic hydroxyl groups is 11. The van der Waals surface area contributed by atoms with E-state index in [-0.39, 0.29) is 0 Å². The molecule has 11 N–H and O–H groups in total. The van der Waals surface area contributed by atoms with E-state index in [1.807, 2.05) is 0 Å². The molecule has 4 heterocycles. The van der Waals surface area contributed by atoms with Crippen molar-refractivity contribution in [2.24, 2.45) is 0 Å². The fourth-order valence-electron chi connectivity index (χ4n) is 5.34. The van der Waals surface area contributed by atoms with Crippen molar-refractivity contribution in [3.8, 4) is 0 Å². The lowest BCUT2D eigenvalue weighted by Crippen LogP contribution is -2.67. The average Bonchev–Trinajstić information content (AvgIpc) is 2.95. The maximum Gasteiger partial charge on any atom is 0.187 e. The van der Waals surface area contributed by atoms with Gasteiger partial charge in [-0.2, -0.15) is 0 Å². The number of aliphatic hydroxyl groups excluding tert-OH is 11. The summed E-state index contributed by atoms with van der Waals surface area (Å²) in [7, 11) is 0. The first-order valence-electron chi connectivity index (χ1n) is 13.7. The van der Waals surface area contributed by atoms with Crippen LogP contribution in [0.15, 0.2) is 0 Å². The van der Waals surface area contributed by atoms with Crippen LogP contribution in [-0.2, 0) is 33.2 Å². The van der Waals surface area contributed by atoms with E-state index in [1.54, 1.807) is 0 Å². The van der Waals surface area contributed by atoms with E-state index in [2.05, 4.69) is 0 Å². The van der Waals surface area contributed by atoms with Gasteiger partial charge in [0, 0.05) is 0 Å². The molecule has 4 fully saturated rings. The number of rotatable bonds is 7. The van der Waals surface area contributed by atoms with E-state index in [0.29, 0.717) is 0 Å². The van der Waals surface area contributed by atoms with E-state index in [1.165, 1.54) is 20.8 Å². The van der Waals surface area contributed by atoms with Gasteiger partial charge < -0.3 is 89.3 Å². The summed E-state index contributed by atoms with van der Waals surface area (Å²) in [5, 5.41) is 114. The average molecular weight is 619 g/mol. The molecule has 0 aromatic rings. The molecule has 0 amide bonds. The van der Waals surface area contributed by atoms with Crippen LogP contribution in [0, 0.1) is 0 Å². The molecule has 0 unspecified atom stereocenters. The molecule has 18 heteroatoms. The third-order valence-corrected chi connectivity index (χ3v) is 8.09. The predicted molar refractivity (Wildman–Crippen MR) is 130 cm³/mol. The third kappa shape index (κ3) is 6.62. The fraction of sp³-hybridized carbons (Fsp3) is 1.00. The van der Waals surface area contributed by atoms with Crippen molar-refractivity contribution >= 4 is 0 Å². The summed E-state index contributed by atoms with van der Waals surface area (Å²) >= 11 is 0. The third-order valence-electron chi connectivity index (χ3n) is 8.09. The summed E-state index contributed by atoms with van der Waals surface area (Å²) in [5.41, 5.74) is 0. The molecular formula is C24H42O18. The largest absolute Gasteiger partial charge is 0.394 e. The van der Waals surface area contributed by atoms with E-state index in [0.717, 1.165) is 0 Å². The van der Waals surface area contributed by atoms with Crippen molar-refractivity contribution in [3.05, 3.63) is 0 Å². The van der Waals surface area contributed by atoms with Gasteiger partial charge in [-0.15, -0.1) is 0 Å². The minimum Gasteiger partial charge on any atom is -0.394 e. The normalized spacial score (nSPS) is 55.9. The first-order chi connectivity index (χ1) is 19.7. The molecule has 0 bridgehead atoms. The van der Waals surface area contributed by atoms with Crippen LogP contribution >= 0.6 is 0 Å². The van der Waals surface area contributed by atoms with Crippen LogP contribution in [-0.4, -0.2) is 186 Å². The molecule has 246 valence electrons. The molecule has 0 spiro atoms. The molecule has 4 saturated heterocycles. The second-order valence-corrected chi connectivity index (χ2v) is 11.1. The summed E-state index contributed by atoms with van der Waals surface area (Å²) < 4.78 is 39.3. The van der Waals surface area contributed by atoms with E-state index >= 15 is 0 Å². The first-order valence-corrected chi connectivity index (χ1v) is 13.7. The van der Waals surface area contributed by atoms with Crippen LogP contribution in [0.25, 0.3) is 0 Å². The number of ether oxygens (including phenoxy) is 7. The molecule has 42 heavy (non-hydrogen) atoms. The van der Waals surface area contributed by atoms with Gasteiger partial charge in [-0.25, -0.2) is 0 Å². The van der Waals surface area contributed by atoms with Crippen molar-refractivity contribution < 1.29 is 89.3 Å². The van der Waals surface area contributed by atoms with Crippen molar-refractivity contribution in [1.29, 1.82) is 0 Å². The molecule has 0 aromatic carbocycles. The minimum absolute atomic E-state index is 0.774. The highest BCUT2D eigenvalue weighted by molar-refractivity contribution is 4.97. The number of hydrogen-bond acceptors (Lipinski definition) is 18. The Balaban J connectivity index is 1.66. The maximum absolute atomic E-state index is 11.1. The first kappa shape index (κ1) is 34.2. The summed E-state index contributed by atoms with van der Waals surface area (Å²) in [5.74, 6) is 0. The minimum atomic E-state index is -1.89. The van der Waals surface area contributed by atoms with E-state index in [9.17, 15) is 56.2 Å². The Morgan fingerprint density at radius 1 is 0.429 bits per heavy atom. The standard InChI is InChI=1S/C24H42O18/c1-5-9(26)13(30)15(32)22(37-5)42-20-19(41-23-16(33)14(31)12(29)8(4-25)39-23)11(28)7(3)38-24(20)40-18-10(27)6(2)36-21(35)17(18)34/h5-35H,4H2,1-3H3/t5-,6-,7-,8+,9-,10-,11-,12+,13+,14-,15+,16+,17+,18+,19+,20+,21+,22-,23+,24-/m0/s1. The Hall–Kier alpha value is -0.720. The van der Waals surface area contributed by atoms with E-state index < -0.39 is 129 Å². The van der Waals surface area contributed by atoms with Gasteiger partial charge in [-0.05, 0) is 20.8 Å². The van der Waals surface area contributed by atoms with Gasteiger partial charge >= 0.3 is 0 Å². The lowest BCUT2D eigenvalue weighted by atomic mass is 9.95. The van der Waals surface area contributed by atoms with Gasteiger partial charge in [0.1, 0.15) is 79.4 Å². The van der Waals surface area contributed by atoms with Crippen LogP contribution in [0.3, 0.4) is 0 Å². The SMILES string of the molecule is C[C@@H]1O[C@@H](O[C@H]2[C@H](O[C@@H]3[C@@H](O)[C@H](C)O[C@@H](O)[C@@H]3O)O[C@@H](C)[C@H](O)[C@H]2O[C@H]2O[C@H](CO)[C@@H](O)[C@H](O)[C@H]2O)[C@H](O)[C@H](O)[C@H]1O. The van der Waals surface area contributed by atoms with Gasteiger partial charge in [0.05, 0.1) is 24.9 Å². The zero-order chi connectivity index (χ0) is 31.2. The highest BCUT2D eigenvalue weighted by atomic mass is 16.8. The molecule has 0 saturated carbocycles. The van der Waals surface area contributed by atoms with Crippen molar-refractivity contribution in [2.45, 2.75) is 144 Å². The Bertz CT molecular complexity index is 853. The quantitative estimate of drug-likeness (QED) is 0.126. The zero-order valence-corrected chi connectivity index (χ0v) is 23.0. The molecule has 0 aliphatic carbocycles. The lowest BCUT2D eigenvalue weighted by molar-refractivity contribution is -0.401. The molecule has 4 aliphatic heterocycles. The fourth-order valence-corrected chi connectivity index (χ4v) is 5.34. The van der Waals surface area contributed by atoms with Crippen LogP contribution in [0.5, 0.6) is 0 Å². The van der Waals surface area contributed by atoms with Crippen molar-refractivity contribution in [3.63, 3.8) is 0 Å². The molecule has 0 radical (unpaired) electrons. The van der Waals surface area contributed by atoms with Crippen LogP contribution in [0.2, 0.25) is 0 Å². The van der Waals surface area contributed by atoms with Gasteiger partial charge in [0.15, 0.2) is 25.2 Å². The smallest absolute Gasteiger partial charge is 0.187 e. The van der Waals surface area contributed by atoms with Crippen LogP contribution in [0.1, 0.15) is 20.8 Å². The monoisotopic (exact) mass is 618 g/mol. The zero-order valence-electron chi connectivity index (χ0n) is 23.0. The van der Waals surface area contributed by atoms with Crippen LogP contribution in [0.4, 0.5) is 0 Å². The summed E-state index contributed by atoms with van der Waals surface area (Å²) in [6, 6.07) is 0. The van der Waals surface area contributed by atoms with Gasteiger partial charge in [0.2, 0.25) is 0 Å². The maximum atomic E-state index is 11.1. The Morgan fingerprint density at radius 2 is 0.881 bits per heavy atom. The van der Waals surface area contributed by atoms with E-state index in [4.69, 9.17) is 33.2 Å². The second kappa shape index (κ2) is 13.7. The molecule has 20 atom stereocenters. The predicted octanol–water partition coefficient (Wildman–Crippen LogP) is -6.67. The second-order valence-electron chi connectivity index (χ2n) is 11.1. The van der Waals surface area contributed by atoms with Crippen molar-refractivity contribution in [2.75, 3.05) is 6.61 Å². The van der Waals surface area contributed by atoms with Crippen molar-refractivity contribution in [1.82, 2.24) is 0 Å². The Morgan fingerprint density at radius 3 is 1.50 bits per heavy atom. The van der Waals surface area contributed by atoms with Crippen LogP contribution < -0.4 is 0 Å². The van der Waals surface area contributed by atoms with Gasteiger partial charge in [-0.1, -0.05) is 0 Å². The Labute approximate surface area is 240 Å². The van der Waals surface area contributed by atoms with Gasteiger partial charge in [0.25, 0.3) is 0 Å². The number of hydrogen-bond donors (Lipinski definition) is 11. The highest BCUT2D eigenvalue weighted by Crippen LogP contribution is 2.35. The van der Waals surface area contributed by atoms with Gasteiger partial charge in [-0.3, -0.25) is 0 Å². The summed E-state index contributed by atoms with van der Waals surface area (Å²) in [4.78, 5) is 0. The molecule has 0 aromatic heterocycles. The summed E-state index contributed by atoms with van der Waals surface area (Å²) in [6.07, 6.45) is -31.8. The Kier molecular flexibility index (Phi) is 11.2. The molecular weight excluding hydrogens is 576 g/mol.